The Kier molecular flexibility index (Phi) is 6.78. The Bertz CT molecular complexity index is 687. The molecular formula is C15H10Cl5NOS. The van der Waals surface area contributed by atoms with Gasteiger partial charge in [0.2, 0.25) is 3.79 Å². The summed E-state index contributed by atoms with van der Waals surface area (Å²) in [5, 5.41) is 2.80. The summed E-state index contributed by atoms with van der Waals surface area (Å²) < 4.78 is -1.71. The largest absolute Gasteiger partial charge is 0.336 e. The molecule has 2 nitrogen and oxygen atoms in total. The van der Waals surface area contributed by atoms with Crippen LogP contribution in [0.2, 0.25) is 10.0 Å². The minimum absolute atomic E-state index is 0.310. The standard InChI is InChI=1S/C15H10Cl5NOS/c16-9-5-7-10(8-6-9)23-14(15(18,19)20)21-13(22)11-3-1-2-4-12(11)17/h1-8,14H,(H,21,22)/t14-/m1/s1. The Balaban J connectivity index is 2.18. The van der Waals surface area contributed by atoms with Gasteiger partial charge >= 0.3 is 0 Å². The number of benzene rings is 2. The molecule has 0 saturated carbocycles. The van der Waals surface area contributed by atoms with Gasteiger partial charge in [-0.2, -0.15) is 0 Å². The molecule has 0 bridgehead atoms. The van der Waals surface area contributed by atoms with Gasteiger partial charge in [-0.15, -0.1) is 0 Å². The Morgan fingerprint density at radius 2 is 1.61 bits per heavy atom. The molecule has 0 heterocycles. The first-order chi connectivity index (χ1) is 10.8. The number of carbonyl (C=O) groups excluding carboxylic acids is 1. The van der Waals surface area contributed by atoms with E-state index in [1.165, 1.54) is 11.8 Å². The number of halogens is 5. The van der Waals surface area contributed by atoms with Gasteiger partial charge in [0.05, 0.1) is 10.6 Å². The molecule has 8 heteroatoms. The fourth-order valence-electron chi connectivity index (χ4n) is 1.67. The van der Waals surface area contributed by atoms with Gasteiger partial charge in [-0.25, -0.2) is 0 Å². The number of thioether (sulfide) groups is 1. The maximum atomic E-state index is 12.4. The van der Waals surface area contributed by atoms with E-state index in [1.807, 2.05) is 0 Å². The van der Waals surface area contributed by atoms with Gasteiger partial charge in [0.15, 0.2) is 0 Å². The highest BCUT2D eigenvalue weighted by molar-refractivity contribution is 8.00. The summed E-state index contributed by atoms with van der Waals surface area (Å²) in [5.41, 5.74) is 0.310. The fraction of sp³-hybridized carbons (Fsp3) is 0.133. The van der Waals surface area contributed by atoms with Crippen LogP contribution in [-0.4, -0.2) is 15.1 Å². The lowest BCUT2D eigenvalue weighted by molar-refractivity contribution is 0.0950. The molecule has 2 aromatic rings. The highest BCUT2D eigenvalue weighted by Gasteiger charge is 2.35. The number of rotatable bonds is 4. The summed E-state index contributed by atoms with van der Waals surface area (Å²) in [5.74, 6) is -0.423. The number of alkyl halides is 3. The molecule has 2 rings (SSSR count). The van der Waals surface area contributed by atoms with E-state index in [0.717, 1.165) is 4.90 Å². The fourth-order valence-corrected chi connectivity index (χ4v) is 3.45. The van der Waals surface area contributed by atoms with Crippen LogP contribution < -0.4 is 5.32 Å². The van der Waals surface area contributed by atoms with Crippen molar-refractivity contribution in [2.45, 2.75) is 14.1 Å². The summed E-state index contributed by atoms with van der Waals surface area (Å²) in [7, 11) is 0. The number of hydrogen-bond acceptors (Lipinski definition) is 2. The lowest BCUT2D eigenvalue weighted by Gasteiger charge is -2.25. The molecule has 0 radical (unpaired) electrons. The summed E-state index contributed by atoms with van der Waals surface area (Å²) in [6.07, 6.45) is 0. The third kappa shape index (κ3) is 5.63. The molecule has 1 N–H and O–H groups in total. The molecule has 0 aliphatic heterocycles. The van der Waals surface area contributed by atoms with Crippen LogP contribution in [0.1, 0.15) is 10.4 Å². The van der Waals surface area contributed by atoms with E-state index in [2.05, 4.69) is 5.32 Å². The summed E-state index contributed by atoms with van der Waals surface area (Å²) in [6, 6.07) is 13.6. The van der Waals surface area contributed by atoms with Crippen LogP contribution >= 0.6 is 69.8 Å². The number of nitrogens with one attached hydrogen (secondary N) is 1. The van der Waals surface area contributed by atoms with Crippen LogP contribution in [0.3, 0.4) is 0 Å². The van der Waals surface area contributed by atoms with Crippen LogP contribution in [0.5, 0.6) is 0 Å². The van der Waals surface area contributed by atoms with Gasteiger partial charge in [0, 0.05) is 9.92 Å². The zero-order chi connectivity index (χ0) is 17.0. The maximum Gasteiger partial charge on any atom is 0.253 e. The predicted molar refractivity (Wildman–Crippen MR) is 100 cm³/mol. The number of hydrogen-bond donors (Lipinski definition) is 1. The van der Waals surface area contributed by atoms with Crippen LogP contribution in [0.15, 0.2) is 53.4 Å². The van der Waals surface area contributed by atoms with Crippen molar-refractivity contribution in [3.63, 3.8) is 0 Å². The monoisotopic (exact) mass is 427 g/mol. The Labute approximate surface area is 163 Å². The molecule has 1 amide bonds. The lowest BCUT2D eigenvalue weighted by atomic mass is 10.2. The van der Waals surface area contributed by atoms with E-state index in [-0.39, 0.29) is 0 Å². The highest BCUT2D eigenvalue weighted by Crippen LogP contribution is 2.39. The van der Waals surface area contributed by atoms with Crippen molar-refractivity contribution in [3.8, 4) is 0 Å². The minimum atomic E-state index is -1.71. The maximum absolute atomic E-state index is 12.4. The van der Waals surface area contributed by atoms with Crippen molar-refractivity contribution in [3.05, 3.63) is 64.1 Å². The third-order valence-corrected chi connectivity index (χ3v) is 5.62. The average molecular weight is 430 g/mol. The quantitative estimate of drug-likeness (QED) is 0.356. The first-order valence-electron chi connectivity index (χ1n) is 6.31. The normalized spacial score (nSPS) is 12.7. The van der Waals surface area contributed by atoms with Gasteiger partial charge in [-0.3, -0.25) is 4.79 Å². The first-order valence-corrected chi connectivity index (χ1v) is 9.08. The summed E-state index contributed by atoms with van der Waals surface area (Å²) in [4.78, 5) is 13.2. The van der Waals surface area contributed by atoms with Crippen molar-refractivity contribution >= 4 is 75.7 Å². The smallest absolute Gasteiger partial charge is 0.253 e. The first kappa shape index (κ1) is 19.0. The van der Waals surface area contributed by atoms with Crippen molar-refractivity contribution in [2.75, 3.05) is 0 Å². The van der Waals surface area contributed by atoms with Gasteiger partial charge in [-0.1, -0.05) is 81.9 Å². The van der Waals surface area contributed by atoms with E-state index >= 15 is 0 Å². The van der Waals surface area contributed by atoms with E-state index in [0.29, 0.717) is 15.6 Å². The predicted octanol–water partition coefficient (Wildman–Crippen LogP) is 6.21. The molecule has 23 heavy (non-hydrogen) atoms. The number of amides is 1. The molecule has 122 valence electrons. The molecular weight excluding hydrogens is 420 g/mol. The third-order valence-electron chi connectivity index (χ3n) is 2.75. The molecule has 1 atom stereocenters. The van der Waals surface area contributed by atoms with Crippen LogP contribution in [0.25, 0.3) is 0 Å². The second-order valence-corrected chi connectivity index (χ2v) is 8.84. The van der Waals surface area contributed by atoms with E-state index < -0.39 is 15.1 Å². The van der Waals surface area contributed by atoms with Crippen molar-refractivity contribution < 1.29 is 4.79 Å². The summed E-state index contributed by atoms with van der Waals surface area (Å²) in [6.45, 7) is 0. The van der Waals surface area contributed by atoms with Crippen LogP contribution in [0, 0.1) is 0 Å². The summed E-state index contributed by atoms with van der Waals surface area (Å²) >= 11 is 31.0. The molecule has 0 aliphatic carbocycles. The van der Waals surface area contributed by atoms with Crippen molar-refractivity contribution in [1.82, 2.24) is 5.32 Å². The average Bonchev–Trinajstić information content (AvgIpc) is 2.48. The van der Waals surface area contributed by atoms with E-state index in [4.69, 9.17) is 58.0 Å². The van der Waals surface area contributed by atoms with Gasteiger partial charge < -0.3 is 5.32 Å². The van der Waals surface area contributed by atoms with Crippen LogP contribution in [0.4, 0.5) is 0 Å². The lowest BCUT2D eigenvalue weighted by Crippen LogP contribution is -2.41. The second kappa shape index (κ2) is 8.19. The minimum Gasteiger partial charge on any atom is -0.336 e. The zero-order valence-electron chi connectivity index (χ0n) is 11.4. The molecule has 0 fully saturated rings. The van der Waals surface area contributed by atoms with Crippen LogP contribution in [-0.2, 0) is 0 Å². The Morgan fingerprint density at radius 3 is 2.17 bits per heavy atom. The van der Waals surface area contributed by atoms with Gasteiger partial charge in [0.25, 0.3) is 5.91 Å². The molecule has 2 aromatic carbocycles. The molecule has 0 saturated heterocycles. The van der Waals surface area contributed by atoms with Gasteiger partial charge in [0.1, 0.15) is 5.37 Å². The van der Waals surface area contributed by atoms with Gasteiger partial charge in [-0.05, 0) is 36.4 Å². The van der Waals surface area contributed by atoms with Crippen molar-refractivity contribution in [1.29, 1.82) is 0 Å². The highest BCUT2D eigenvalue weighted by atomic mass is 35.6. The zero-order valence-corrected chi connectivity index (χ0v) is 16.0. The topological polar surface area (TPSA) is 29.1 Å². The van der Waals surface area contributed by atoms with E-state index in [9.17, 15) is 4.79 Å². The Hall–Kier alpha value is -0.290. The number of carbonyl (C=O) groups is 1. The molecule has 0 unspecified atom stereocenters. The van der Waals surface area contributed by atoms with Crippen molar-refractivity contribution in [2.24, 2.45) is 0 Å². The molecule has 0 aliphatic rings. The van der Waals surface area contributed by atoms with E-state index in [1.54, 1.807) is 48.5 Å². The molecule has 0 aromatic heterocycles. The Morgan fingerprint density at radius 1 is 1.00 bits per heavy atom. The molecule has 0 spiro atoms. The SMILES string of the molecule is O=C(N[C@H](Sc1ccc(Cl)cc1)C(Cl)(Cl)Cl)c1ccccc1Cl. The second-order valence-electron chi connectivity index (χ2n) is 4.45.